The average molecular weight is 324 g/mol. The maximum absolute atomic E-state index is 11.3. The number of carboxylic acids is 1. The second-order valence-corrected chi connectivity index (χ2v) is 6.03. The second kappa shape index (κ2) is 4.90. The minimum Gasteiger partial charge on any atom is -0.481 e. The fraction of sp³-hybridized carbons (Fsp3) is 0.200. The van der Waals surface area contributed by atoms with Gasteiger partial charge in [0.05, 0.1) is 16.0 Å². The Balaban J connectivity index is 2.02. The lowest BCUT2D eigenvalue weighted by atomic mass is 9.82. The molecule has 0 aliphatic heterocycles. The highest BCUT2D eigenvalue weighted by Gasteiger charge is 2.36. The lowest BCUT2D eigenvalue weighted by Gasteiger charge is -2.22. The fourth-order valence-electron chi connectivity index (χ4n) is 2.20. The summed E-state index contributed by atoms with van der Waals surface area (Å²) in [5, 5.41) is 10.2. The van der Waals surface area contributed by atoms with Gasteiger partial charge >= 0.3 is 5.97 Å². The summed E-state index contributed by atoms with van der Waals surface area (Å²) < 4.78 is 5.71. The molecule has 108 valence electrons. The van der Waals surface area contributed by atoms with E-state index in [1.165, 1.54) is 0 Å². The van der Waals surface area contributed by atoms with E-state index in [1.54, 1.807) is 37.3 Å². The Hall–Kier alpha value is -1.78. The van der Waals surface area contributed by atoms with Crippen molar-refractivity contribution < 1.29 is 14.3 Å². The van der Waals surface area contributed by atoms with Crippen LogP contribution in [0.2, 0.25) is 10.0 Å². The summed E-state index contributed by atoms with van der Waals surface area (Å²) in [5.41, 5.74) is 0.281. The SMILES string of the molecule is CC1(C(=O)O)C=Cc2nc(-c3ccc(Cl)cc3Cl)oc2C1. The normalized spacial score (nSPS) is 20.3. The Bertz CT molecular complexity index is 766. The molecule has 1 aliphatic rings. The molecule has 1 aromatic heterocycles. The van der Waals surface area contributed by atoms with Crippen LogP contribution in [0.5, 0.6) is 0 Å². The number of carbonyl (C=O) groups is 1. The number of hydrogen-bond acceptors (Lipinski definition) is 3. The highest BCUT2D eigenvalue weighted by Crippen LogP contribution is 2.37. The van der Waals surface area contributed by atoms with Gasteiger partial charge in [-0.25, -0.2) is 4.98 Å². The van der Waals surface area contributed by atoms with Gasteiger partial charge in [0.2, 0.25) is 5.89 Å². The molecule has 1 aliphatic carbocycles. The summed E-state index contributed by atoms with van der Waals surface area (Å²) in [6.07, 6.45) is 3.56. The van der Waals surface area contributed by atoms with E-state index < -0.39 is 11.4 Å². The molecule has 6 heteroatoms. The fourth-order valence-corrected chi connectivity index (χ4v) is 2.69. The Morgan fingerprint density at radius 3 is 2.86 bits per heavy atom. The van der Waals surface area contributed by atoms with Crippen molar-refractivity contribution in [2.75, 3.05) is 0 Å². The lowest BCUT2D eigenvalue weighted by molar-refractivity contribution is -0.145. The number of aromatic nitrogens is 1. The highest BCUT2D eigenvalue weighted by atomic mass is 35.5. The van der Waals surface area contributed by atoms with E-state index in [1.807, 2.05) is 0 Å². The Morgan fingerprint density at radius 2 is 2.19 bits per heavy atom. The molecule has 0 radical (unpaired) electrons. The molecule has 1 unspecified atom stereocenters. The summed E-state index contributed by atoms with van der Waals surface area (Å²) in [4.78, 5) is 15.7. The Labute approximate surface area is 131 Å². The van der Waals surface area contributed by atoms with Gasteiger partial charge in [-0.05, 0) is 31.2 Å². The van der Waals surface area contributed by atoms with E-state index in [9.17, 15) is 9.90 Å². The third kappa shape index (κ3) is 2.45. The van der Waals surface area contributed by atoms with Crippen LogP contribution in [0, 0.1) is 5.41 Å². The molecule has 0 saturated carbocycles. The Kier molecular flexibility index (Phi) is 3.30. The zero-order valence-corrected chi connectivity index (χ0v) is 12.6. The van der Waals surface area contributed by atoms with Gasteiger partial charge in [0.15, 0.2) is 0 Å². The third-order valence-corrected chi connectivity index (χ3v) is 4.06. The van der Waals surface area contributed by atoms with Crippen LogP contribution in [0.1, 0.15) is 18.4 Å². The quantitative estimate of drug-likeness (QED) is 0.894. The number of hydrogen-bond donors (Lipinski definition) is 1. The summed E-state index contributed by atoms with van der Waals surface area (Å²) in [7, 11) is 0. The molecule has 4 nitrogen and oxygen atoms in total. The van der Waals surface area contributed by atoms with Gasteiger partial charge in [-0.2, -0.15) is 0 Å². The van der Waals surface area contributed by atoms with Gasteiger partial charge in [-0.15, -0.1) is 0 Å². The van der Waals surface area contributed by atoms with Crippen LogP contribution in [-0.2, 0) is 11.2 Å². The van der Waals surface area contributed by atoms with Crippen molar-refractivity contribution in [3.8, 4) is 11.5 Å². The predicted molar refractivity (Wildman–Crippen MR) is 80.4 cm³/mol. The first-order valence-electron chi connectivity index (χ1n) is 6.27. The first kappa shape index (κ1) is 14.2. The van der Waals surface area contributed by atoms with Crippen LogP contribution in [0.3, 0.4) is 0 Å². The second-order valence-electron chi connectivity index (χ2n) is 5.18. The zero-order valence-electron chi connectivity index (χ0n) is 11.1. The van der Waals surface area contributed by atoms with Crippen LogP contribution in [-0.4, -0.2) is 16.1 Å². The first-order valence-corrected chi connectivity index (χ1v) is 7.02. The number of nitrogens with zero attached hydrogens (tertiary/aromatic N) is 1. The van der Waals surface area contributed by atoms with Crippen LogP contribution >= 0.6 is 23.2 Å². The zero-order chi connectivity index (χ0) is 15.2. The molecule has 0 saturated heterocycles. The van der Waals surface area contributed by atoms with Gasteiger partial charge in [0.1, 0.15) is 11.5 Å². The molecule has 0 fully saturated rings. The number of oxazole rings is 1. The number of fused-ring (bicyclic) bond motifs is 1. The van der Waals surface area contributed by atoms with E-state index in [-0.39, 0.29) is 6.42 Å². The minimum absolute atomic E-state index is 0.256. The molecule has 1 N–H and O–H groups in total. The van der Waals surface area contributed by atoms with E-state index in [0.29, 0.717) is 33.0 Å². The smallest absolute Gasteiger partial charge is 0.313 e. The third-order valence-electron chi connectivity index (χ3n) is 3.51. The average Bonchev–Trinajstić information content (AvgIpc) is 2.80. The van der Waals surface area contributed by atoms with E-state index in [4.69, 9.17) is 27.6 Å². The van der Waals surface area contributed by atoms with Crippen molar-refractivity contribution in [2.45, 2.75) is 13.3 Å². The maximum Gasteiger partial charge on any atom is 0.313 e. The van der Waals surface area contributed by atoms with Crippen LogP contribution in [0.25, 0.3) is 17.5 Å². The summed E-state index contributed by atoms with van der Waals surface area (Å²) >= 11 is 12.0. The standard InChI is InChI=1S/C15H11Cl2NO3/c1-15(14(19)20)5-4-11-12(7-15)21-13(18-11)9-3-2-8(16)6-10(9)17/h2-6H,7H2,1H3,(H,19,20). The van der Waals surface area contributed by atoms with Gasteiger partial charge in [0, 0.05) is 11.4 Å². The molecule has 1 atom stereocenters. The summed E-state index contributed by atoms with van der Waals surface area (Å²) in [6, 6.07) is 5.03. The van der Waals surface area contributed by atoms with Gasteiger partial charge in [0.25, 0.3) is 0 Å². The summed E-state index contributed by atoms with van der Waals surface area (Å²) in [6.45, 7) is 1.65. The van der Waals surface area contributed by atoms with Crippen LogP contribution < -0.4 is 0 Å². The van der Waals surface area contributed by atoms with Crippen molar-refractivity contribution in [2.24, 2.45) is 5.41 Å². The maximum atomic E-state index is 11.3. The number of benzene rings is 1. The summed E-state index contributed by atoms with van der Waals surface area (Å²) in [5.74, 6) is 0.0104. The van der Waals surface area contributed by atoms with Crippen LogP contribution in [0.15, 0.2) is 28.7 Å². The monoisotopic (exact) mass is 323 g/mol. The van der Waals surface area contributed by atoms with Gasteiger partial charge in [-0.1, -0.05) is 29.3 Å². The van der Waals surface area contributed by atoms with Crippen molar-refractivity contribution >= 4 is 35.2 Å². The number of rotatable bonds is 2. The minimum atomic E-state index is -0.979. The van der Waals surface area contributed by atoms with E-state index in [2.05, 4.69) is 4.98 Å². The van der Waals surface area contributed by atoms with Crippen LogP contribution in [0.4, 0.5) is 0 Å². The molecule has 0 spiro atoms. The van der Waals surface area contributed by atoms with Gasteiger partial charge < -0.3 is 9.52 Å². The topological polar surface area (TPSA) is 63.3 Å². The van der Waals surface area contributed by atoms with Crippen molar-refractivity contribution in [1.82, 2.24) is 4.98 Å². The molecule has 1 aromatic carbocycles. The highest BCUT2D eigenvalue weighted by molar-refractivity contribution is 6.36. The molecular weight excluding hydrogens is 313 g/mol. The Morgan fingerprint density at radius 1 is 1.43 bits per heavy atom. The van der Waals surface area contributed by atoms with E-state index in [0.717, 1.165) is 0 Å². The first-order chi connectivity index (χ1) is 9.89. The molecule has 0 amide bonds. The molecule has 0 bridgehead atoms. The number of halogens is 2. The molecule has 3 rings (SSSR count). The van der Waals surface area contributed by atoms with Crippen molar-refractivity contribution in [1.29, 1.82) is 0 Å². The largest absolute Gasteiger partial charge is 0.481 e. The number of aliphatic carboxylic acids is 1. The predicted octanol–water partition coefficient (Wildman–Crippen LogP) is 4.31. The van der Waals surface area contributed by atoms with E-state index >= 15 is 0 Å². The lowest BCUT2D eigenvalue weighted by Crippen LogP contribution is -2.29. The van der Waals surface area contributed by atoms with Crippen molar-refractivity contribution in [3.05, 3.63) is 45.8 Å². The molecule has 2 aromatic rings. The molecule has 21 heavy (non-hydrogen) atoms. The molecular formula is C15H11Cl2NO3. The number of carboxylic acid groups (broad SMARTS) is 1. The molecule has 1 heterocycles. The van der Waals surface area contributed by atoms with Crippen molar-refractivity contribution in [3.63, 3.8) is 0 Å². The van der Waals surface area contributed by atoms with Gasteiger partial charge in [-0.3, -0.25) is 4.79 Å².